The minimum absolute atomic E-state index is 0.0410. The minimum Gasteiger partial charge on any atom is -0.497 e. The zero-order chi connectivity index (χ0) is 24.5. The summed E-state index contributed by atoms with van der Waals surface area (Å²) < 4.78 is 5.26. The summed E-state index contributed by atoms with van der Waals surface area (Å²) in [5, 5.41) is 12.2. The van der Waals surface area contributed by atoms with Crippen LogP contribution in [-0.2, 0) is 9.59 Å². The minimum atomic E-state index is -0.216. The van der Waals surface area contributed by atoms with E-state index in [1.807, 2.05) is 73.3 Å². The van der Waals surface area contributed by atoms with Gasteiger partial charge in [0.1, 0.15) is 10.8 Å². The van der Waals surface area contributed by atoms with Crippen LogP contribution in [0.1, 0.15) is 51.5 Å². The fourth-order valence-electron chi connectivity index (χ4n) is 3.76. The average Bonchev–Trinajstić information content (AvgIpc) is 3.33. The van der Waals surface area contributed by atoms with Crippen LogP contribution in [0, 0.1) is 0 Å². The Balaban J connectivity index is 1.64. The fraction of sp³-hybridized carbons (Fsp3) is 0.385. The molecule has 34 heavy (non-hydrogen) atoms. The topological polar surface area (TPSA) is 84.4 Å². The van der Waals surface area contributed by atoms with Crippen LogP contribution in [0.25, 0.3) is 10.6 Å². The van der Waals surface area contributed by atoms with Gasteiger partial charge in [-0.25, -0.2) is 0 Å². The molecule has 0 bridgehead atoms. The molecule has 0 spiro atoms. The summed E-state index contributed by atoms with van der Waals surface area (Å²) in [4.78, 5) is 27.9. The summed E-state index contributed by atoms with van der Waals surface area (Å²) in [6.07, 6.45) is 1.72. The van der Waals surface area contributed by atoms with Gasteiger partial charge in [0.25, 0.3) is 0 Å². The van der Waals surface area contributed by atoms with E-state index in [1.165, 1.54) is 11.3 Å². The molecule has 1 aromatic heterocycles. The molecule has 180 valence electrons. The van der Waals surface area contributed by atoms with Crippen molar-refractivity contribution in [3.8, 4) is 16.3 Å². The SMILES string of the molecule is CCC(C(=O)N(CCC(=O)Nc1nnc(-c2cccc(OC)c2)s1)C(C)CC)c1ccccc1. The number of aromatic nitrogens is 2. The molecule has 3 aromatic rings. The molecule has 2 amide bonds. The highest BCUT2D eigenvalue weighted by Crippen LogP contribution is 2.29. The van der Waals surface area contributed by atoms with Gasteiger partial charge in [-0.2, -0.15) is 0 Å². The van der Waals surface area contributed by atoms with Crippen LogP contribution in [0.15, 0.2) is 54.6 Å². The van der Waals surface area contributed by atoms with Gasteiger partial charge in [-0.1, -0.05) is 67.6 Å². The number of nitrogens with one attached hydrogen (secondary N) is 1. The molecule has 0 radical (unpaired) electrons. The number of carbonyl (C=O) groups excluding carboxylic acids is 2. The second-order valence-electron chi connectivity index (χ2n) is 8.10. The summed E-state index contributed by atoms with van der Waals surface area (Å²) in [6, 6.07) is 17.4. The van der Waals surface area contributed by atoms with Gasteiger partial charge in [-0.3, -0.25) is 9.59 Å². The molecular weight excluding hydrogens is 448 g/mol. The molecule has 0 saturated heterocycles. The number of carbonyl (C=O) groups is 2. The summed E-state index contributed by atoms with van der Waals surface area (Å²) in [6.45, 7) is 6.45. The Morgan fingerprint density at radius 3 is 2.50 bits per heavy atom. The second kappa shape index (κ2) is 12.3. The van der Waals surface area contributed by atoms with Gasteiger partial charge in [0.15, 0.2) is 0 Å². The summed E-state index contributed by atoms with van der Waals surface area (Å²) in [5.41, 5.74) is 1.88. The predicted molar refractivity (Wildman–Crippen MR) is 136 cm³/mol. The molecule has 0 aliphatic carbocycles. The molecule has 8 heteroatoms. The van der Waals surface area contributed by atoms with Crippen molar-refractivity contribution in [2.45, 2.75) is 52.0 Å². The van der Waals surface area contributed by atoms with Crippen LogP contribution in [0.5, 0.6) is 5.75 Å². The summed E-state index contributed by atoms with van der Waals surface area (Å²) >= 11 is 1.30. The van der Waals surface area contributed by atoms with Crippen molar-refractivity contribution >= 4 is 28.3 Å². The average molecular weight is 481 g/mol. The van der Waals surface area contributed by atoms with Crippen LogP contribution >= 0.6 is 11.3 Å². The van der Waals surface area contributed by atoms with Crippen LogP contribution in [0.2, 0.25) is 0 Å². The number of anilines is 1. The highest BCUT2D eigenvalue weighted by atomic mass is 32.1. The maximum absolute atomic E-state index is 13.4. The molecule has 2 unspecified atom stereocenters. The lowest BCUT2D eigenvalue weighted by atomic mass is 9.94. The monoisotopic (exact) mass is 480 g/mol. The van der Waals surface area contributed by atoms with Crippen LogP contribution in [0.4, 0.5) is 5.13 Å². The van der Waals surface area contributed by atoms with E-state index >= 15 is 0 Å². The Morgan fingerprint density at radius 2 is 1.82 bits per heavy atom. The molecule has 1 heterocycles. The first-order chi connectivity index (χ1) is 16.5. The molecule has 1 N–H and O–H groups in total. The molecule has 0 saturated carbocycles. The third-order valence-electron chi connectivity index (χ3n) is 5.88. The van der Waals surface area contributed by atoms with Crippen molar-refractivity contribution in [2.24, 2.45) is 0 Å². The first-order valence-electron chi connectivity index (χ1n) is 11.6. The van der Waals surface area contributed by atoms with Crippen molar-refractivity contribution in [3.05, 3.63) is 60.2 Å². The number of methoxy groups -OCH3 is 1. The number of benzene rings is 2. The zero-order valence-electron chi connectivity index (χ0n) is 20.2. The smallest absolute Gasteiger partial charge is 0.230 e. The molecule has 2 atom stereocenters. The number of rotatable bonds is 11. The van der Waals surface area contributed by atoms with Gasteiger partial charge in [0.05, 0.1) is 13.0 Å². The van der Waals surface area contributed by atoms with Crippen molar-refractivity contribution in [3.63, 3.8) is 0 Å². The summed E-state index contributed by atoms with van der Waals surface area (Å²) in [5.74, 6) is 0.384. The highest BCUT2D eigenvalue weighted by molar-refractivity contribution is 7.18. The van der Waals surface area contributed by atoms with Gasteiger partial charge < -0.3 is 15.0 Å². The second-order valence-corrected chi connectivity index (χ2v) is 9.08. The molecule has 2 aromatic carbocycles. The Hall–Kier alpha value is -3.26. The summed E-state index contributed by atoms with van der Waals surface area (Å²) in [7, 11) is 1.61. The normalized spacial score (nSPS) is 12.6. The Kier molecular flexibility index (Phi) is 9.16. The standard InChI is InChI=1S/C26H32N4O3S/c1-5-18(3)30(25(32)22(6-2)19-11-8-7-9-12-19)16-15-23(31)27-26-29-28-24(34-26)20-13-10-14-21(17-20)33-4/h7-14,17-18,22H,5-6,15-16H2,1-4H3,(H,27,29,31). The van der Waals surface area contributed by atoms with Crippen molar-refractivity contribution in [1.82, 2.24) is 15.1 Å². The maximum Gasteiger partial charge on any atom is 0.230 e. The van der Waals surface area contributed by atoms with E-state index in [9.17, 15) is 9.59 Å². The quantitative estimate of drug-likeness (QED) is 0.399. The number of amides is 2. The van der Waals surface area contributed by atoms with Crippen molar-refractivity contribution < 1.29 is 14.3 Å². The predicted octanol–water partition coefficient (Wildman–Crippen LogP) is 5.36. The molecule has 7 nitrogen and oxygen atoms in total. The van der Waals surface area contributed by atoms with Crippen molar-refractivity contribution in [2.75, 3.05) is 19.0 Å². The van der Waals surface area contributed by atoms with E-state index in [2.05, 4.69) is 22.4 Å². The van der Waals surface area contributed by atoms with E-state index in [4.69, 9.17) is 4.74 Å². The lowest BCUT2D eigenvalue weighted by molar-refractivity contribution is -0.135. The van der Waals surface area contributed by atoms with E-state index in [1.54, 1.807) is 7.11 Å². The Labute approximate surface area is 205 Å². The Bertz CT molecular complexity index is 1090. The molecule has 0 aliphatic rings. The lowest BCUT2D eigenvalue weighted by Gasteiger charge is -2.32. The highest BCUT2D eigenvalue weighted by Gasteiger charge is 2.27. The lowest BCUT2D eigenvalue weighted by Crippen LogP contribution is -2.42. The van der Waals surface area contributed by atoms with Gasteiger partial charge >= 0.3 is 0 Å². The first-order valence-corrected chi connectivity index (χ1v) is 12.4. The number of hydrogen-bond donors (Lipinski definition) is 1. The molecule has 3 rings (SSSR count). The van der Waals surface area contributed by atoms with Gasteiger partial charge in [-0.15, -0.1) is 10.2 Å². The van der Waals surface area contributed by atoms with Crippen LogP contribution in [0.3, 0.4) is 0 Å². The number of ether oxygens (including phenoxy) is 1. The van der Waals surface area contributed by atoms with Crippen LogP contribution in [-0.4, -0.2) is 46.6 Å². The number of nitrogens with zero attached hydrogens (tertiary/aromatic N) is 3. The molecule has 0 fully saturated rings. The third-order valence-corrected chi connectivity index (χ3v) is 6.77. The Morgan fingerprint density at radius 1 is 1.06 bits per heavy atom. The molecule has 0 aliphatic heterocycles. The van der Waals surface area contributed by atoms with E-state index in [-0.39, 0.29) is 30.2 Å². The first kappa shape index (κ1) is 25.4. The number of hydrogen-bond acceptors (Lipinski definition) is 6. The fourth-order valence-corrected chi connectivity index (χ4v) is 4.51. The maximum atomic E-state index is 13.4. The third kappa shape index (κ3) is 6.41. The van der Waals surface area contributed by atoms with E-state index in [0.717, 1.165) is 23.3 Å². The van der Waals surface area contributed by atoms with Crippen molar-refractivity contribution in [1.29, 1.82) is 0 Å². The van der Waals surface area contributed by atoms with Crippen LogP contribution < -0.4 is 10.1 Å². The van der Waals surface area contributed by atoms with Gasteiger partial charge in [-0.05, 0) is 37.5 Å². The van der Waals surface area contributed by atoms with Gasteiger partial charge in [0, 0.05) is 24.6 Å². The largest absolute Gasteiger partial charge is 0.497 e. The zero-order valence-corrected chi connectivity index (χ0v) is 21.0. The van der Waals surface area contributed by atoms with E-state index in [0.29, 0.717) is 23.1 Å². The van der Waals surface area contributed by atoms with Gasteiger partial charge in [0.2, 0.25) is 16.9 Å². The van der Waals surface area contributed by atoms with E-state index < -0.39 is 0 Å². The molecular formula is C26H32N4O3S.